The maximum Gasteiger partial charge on any atom is 0.416 e. The highest BCUT2D eigenvalue weighted by molar-refractivity contribution is 5.90. The molecule has 3 aromatic rings. The van der Waals surface area contributed by atoms with Crippen LogP contribution < -0.4 is 0 Å². The molecule has 0 unspecified atom stereocenters. The predicted molar refractivity (Wildman–Crippen MR) is 90.6 cm³/mol. The summed E-state index contributed by atoms with van der Waals surface area (Å²) in [4.78, 5) is 11.5. The van der Waals surface area contributed by atoms with Crippen molar-refractivity contribution < 1.29 is 23.1 Å². The van der Waals surface area contributed by atoms with Gasteiger partial charge in [0.25, 0.3) is 0 Å². The Balaban J connectivity index is 2.12. The number of carbonyl (C=O) groups is 1. The van der Waals surface area contributed by atoms with Gasteiger partial charge in [-0.2, -0.15) is 17.9 Å². The average Bonchev–Trinajstić information content (AvgIpc) is 3.11. The number of aromatic nitrogens is 4. The van der Waals surface area contributed by atoms with E-state index in [1.807, 2.05) is 13.8 Å². The maximum atomic E-state index is 12.8. The van der Waals surface area contributed by atoms with Crippen molar-refractivity contribution in [3.05, 3.63) is 59.4 Å². The molecule has 27 heavy (non-hydrogen) atoms. The Bertz CT molecular complexity index is 979. The zero-order valence-electron chi connectivity index (χ0n) is 14.4. The van der Waals surface area contributed by atoms with Crippen LogP contribution in [0.1, 0.15) is 41.5 Å². The van der Waals surface area contributed by atoms with Crippen LogP contribution >= 0.6 is 0 Å². The van der Waals surface area contributed by atoms with E-state index in [4.69, 9.17) is 0 Å². The largest absolute Gasteiger partial charge is 0.478 e. The Morgan fingerprint density at radius 2 is 1.74 bits per heavy atom. The van der Waals surface area contributed by atoms with Crippen molar-refractivity contribution in [3.63, 3.8) is 0 Å². The highest BCUT2D eigenvalue weighted by Crippen LogP contribution is 2.32. The third-order valence-electron chi connectivity index (χ3n) is 3.96. The molecule has 0 aliphatic carbocycles. The minimum atomic E-state index is -4.44. The fourth-order valence-electron chi connectivity index (χ4n) is 2.61. The van der Waals surface area contributed by atoms with E-state index in [9.17, 15) is 23.1 Å². The van der Waals surface area contributed by atoms with E-state index in [1.54, 1.807) is 6.07 Å². The molecule has 1 N–H and O–H groups in total. The third kappa shape index (κ3) is 3.81. The first-order chi connectivity index (χ1) is 12.7. The molecule has 0 saturated heterocycles. The second kappa shape index (κ2) is 6.82. The number of carboxylic acid groups (broad SMARTS) is 1. The number of aromatic carboxylic acids is 1. The van der Waals surface area contributed by atoms with Crippen LogP contribution in [0.2, 0.25) is 0 Å². The van der Waals surface area contributed by atoms with E-state index in [0.29, 0.717) is 22.6 Å². The molecular weight excluding hydrogens is 361 g/mol. The maximum absolute atomic E-state index is 12.8. The lowest BCUT2D eigenvalue weighted by atomic mass is 10.0. The second-order valence-electron chi connectivity index (χ2n) is 6.25. The van der Waals surface area contributed by atoms with E-state index in [0.717, 1.165) is 12.1 Å². The lowest BCUT2D eigenvalue weighted by Gasteiger charge is -2.12. The van der Waals surface area contributed by atoms with Crippen molar-refractivity contribution >= 4 is 5.97 Å². The van der Waals surface area contributed by atoms with E-state index < -0.39 is 17.7 Å². The minimum Gasteiger partial charge on any atom is -0.478 e. The molecule has 0 radical (unpaired) electrons. The van der Waals surface area contributed by atoms with Gasteiger partial charge in [0.05, 0.1) is 16.8 Å². The Kier molecular flexibility index (Phi) is 4.69. The normalized spacial score (nSPS) is 11.8. The van der Waals surface area contributed by atoms with Gasteiger partial charge in [0, 0.05) is 5.92 Å². The Labute approximate surface area is 152 Å². The first-order valence-electron chi connectivity index (χ1n) is 8.01. The highest BCUT2D eigenvalue weighted by Gasteiger charge is 2.30. The zero-order chi connectivity index (χ0) is 19.8. The quantitative estimate of drug-likeness (QED) is 0.739. The number of rotatable bonds is 4. The van der Waals surface area contributed by atoms with Gasteiger partial charge in [0.15, 0.2) is 5.82 Å². The predicted octanol–water partition coefficient (Wildman–Crippen LogP) is 4.17. The molecule has 6 nitrogen and oxygen atoms in total. The summed E-state index contributed by atoms with van der Waals surface area (Å²) >= 11 is 0. The third-order valence-corrected chi connectivity index (χ3v) is 3.96. The van der Waals surface area contributed by atoms with Gasteiger partial charge in [-0.3, -0.25) is 0 Å². The molecule has 9 heteroatoms. The topological polar surface area (TPSA) is 80.9 Å². The van der Waals surface area contributed by atoms with Crippen molar-refractivity contribution in [1.29, 1.82) is 0 Å². The van der Waals surface area contributed by atoms with Gasteiger partial charge in [-0.05, 0) is 51.9 Å². The van der Waals surface area contributed by atoms with Crippen LogP contribution in [0.3, 0.4) is 0 Å². The first kappa shape index (κ1) is 18.6. The zero-order valence-corrected chi connectivity index (χ0v) is 14.4. The number of hydrogen-bond donors (Lipinski definition) is 1. The monoisotopic (exact) mass is 376 g/mol. The van der Waals surface area contributed by atoms with Gasteiger partial charge in [0.2, 0.25) is 0 Å². The molecule has 0 fully saturated rings. The van der Waals surface area contributed by atoms with Crippen molar-refractivity contribution in [3.8, 4) is 16.8 Å². The van der Waals surface area contributed by atoms with E-state index in [2.05, 4.69) is 15.5 Å². The molecule has 0 atom stereocenters. The molecule has 0 aliphatic heterocycles. The van der Waals surface area contributed by atoms with Crippen LogP contribution in [0.5, 0.6) is 0 Å². The summed E-state index contributed by atoms with van der Waals surface area (Å²) < 4.78 is 39.7. The van der Waals surface area contributed by atoms with Crippen molar-refractivity contribution in [2.75, 3.05) is 0 Å². The molecule has 2 aromatic carbocycles. The van der Waals surface area contributed by atoms with Crippen LogP contribution in [0.25, 0.3) is 16.8 Å². The average molecular weight is 376 g/mol. The number of halogens is 3. The number of alkyl halides is 3. The van der Waals surface area contributed by atoms with Gasteiger partial charge in [-0.15, -0.1) is 5.10 Å². The number of nitrogens with zero attached hydrogens (tertiary/aromatic N) is 4. The van der Waals surface area contributed by atoms with Crippen molar-refractivity contribution in [1.82, 2.24) is 20.2 Å². The van der Waals surface area contributed by atoms with Gasteiger partial charge >= 0.3 is 12.1 Å². The molecule has 0 spiro atoms. The molecule has 0 amide bonds. The lowest BCUT2D eigenvalue weighted by Crippen LogP contribution is -2.07. The van der Waals surface area contributed by atoms with E-state index >= 15 is 0 Å². The van der Waals surface area contributed by atoms with Crippen LogP contribution in [0.4, 0.5) is 13.2 Å². The van der Waals surface area contributed by atoms with Gasteiger partial charge in [-0.1, -0.05) is 26.0 Å². The number of carboxylic acids is 1. The van der Waals surface area contributed by atoms with Crippen molar-refractivity contribution in [2.24, 2.45) is 0 Å². The summed E-state index contributed by atoms with van der Waals surface area (Å²) in [6, 6.07) is 8.97. The summed E-state index contributed by atoms with van der Waals surface area (Å²) in [7, 11) is 0. The smallest absolute Gasteiger partial charge is 0.416 e. The minimum absolute atomic E-state index is 0.0111. The molecule has 140 valence electrons. The SMILES string of the molecule is CC(C)c1nnnn1-c1cc(C(=O)O)cc(-c2ccc(C(F)(F)F)cc2)c1. The van der Waals surface area contributed by atoms with Crippen LogP contribution in [-0.2, 0) is 6.18 Å². The molecule has 3 rings (SSSR count). The summed E-state index contributed by atoms with van der Waals surface area (Å²) in [5.41, 5.74) is 0.518. The Hall–Kier alpha value is -3.23. The summed E-state index contributed by atoms with van der Waals surface area (Å²) in [5, 5.41) is 20.9. The fourth-order valence-corrected chi connectivity index (χ4v) is 2.61. The van der Waals surface area contributed by atoms with Gasteiger partial charge < -0.3 is 5.11 Å². The van der Waals surface area contributed by atoms with Crippen LogP contribution in [-0.4, -0.2) is 31.3 Å². The molecular formula is C18H15F3N4O2. The lowest BCUT2D eigenvalue weighted by molar-refractivity contribution is -0.137. The van der Waals surface area contributed by atoms with Gasteiger partial charge in [-0.25, -0.2) is 4.79 Å². The van der Waals surface area contributed by atoms with Crippen LogP contribution in [0, 0.1) is 0 Å². The second-order valence-corrected chi connectivity index (χ2v) is 6.25. The Morgan fingerprint density at radius 3 is 2.30 bits per heavy atom. The fraction of sp³-hybridized carbons (Fsp3) is 0.222. The van der Waals surface area contributed by atoms with Crippen molar-refractivity contribution in [2.45, 2.75) is 25.9 Å². The summed E-state index contributed by atoms with van der Waals surface area (Å²) in [6.45, 7) is 3.78. The molecule has 0 saturated carbocycles. The summed E-state index contributed by atoms with van der Waals surface area (Å²) in [6.07, 6.45) is -4.44. The number of tetrazole rings is 1. The van der Waals surface area contributed by atoms with E-state index in [1.165, 1.54) is 28.9 Å². The molecule has 1 heterocycles. The number of hydrogen-bond acceptors (Lipinski definition) is 4. The molecule has 0 bridgehead atoms. The van der Waals surface area contributed by atoms with Gasteiger partial charge in [0.1, 0.15) is 0 Å². The van der Waals surface area contributed by atoms with E-state index in [-0.39, 0.29) is 11.5 Å². The molecule has 0 aliphatic rings. The number of benzene rings is 2. The highest BCUT2D eigenvalue weighted by atomic mass is 19.4. The first-order valence-corrected chi connectivity index (χ1v) is 8.01. The molecule has 1 aromatic heterocycles. The Morgan fingerprint density at radius 1 is 1.07 bits per heavy atom. The van der Waals surface area contributed by atoms with Crippen LogP contribution in [0.15, 0.2) is 42.5 Å². The standard InChI is InChI=1S/C18H15F3N4O2/c1-10(2)16-22-23-24-25(16)15-8-12(7-13(9-15)17(26)27)11-3-5-14(6-4-11)18(19,20)21/h3-10H,1-2H3,(H,26,27). The summed E-state index contributed by atoms with van der Waals surface area (Å²) in [5.74, 6) is -0.636.